The molecule has 1 saturated carbocycles. The highest BCUT2D eigenvalue weighted by molar-refractivity contribution is 5.74. The SMILES string of the molecule is Cc1cn2cc(-c3ccc(-c4ccc(C5CN(C6CC7(COC(C)C7)C6)C5)nn4)c(O)c3)cc(F)c2n1. The molecule has 1 aliphatic carbocycles. The van der Waals surface area contributed by atoms with Crippen LogP contribution in [-0.4, -0.2) is 61.4 Å². The topological polar surface area (TPSA) is 75.8 Å². The van der Waals surface area contributed by atoms with Crippen LogP contribution in [0.25, 0.3) is 28.0 Å². The third kappa shape index (κ3) is 3.90. The number of pyridine rings is 1. The van der Waals surface area contributed by atoms with Crippen molar-refractivity contribution in [3.63, 3.8) is 0 Å². The molecule has 37 heavy (non-hydrogen) atoms. The van der Waals surface area contributed by atoms with Crippen molar-refractivity contribution in [3.05, 3.63) is 66.0 Å². The second-order valence-electron chi connectivity index (χ2n) is 11.3. The van der Waals surface area contributed by atoms with Crippen molar-refractivity contribution >= 4 is 5.65 Å². The molecule has 5 heterocycles. The van der Waals surface area contributed by atoms with Crippen LogP contribution in [0.3, 0.4) is 0 Å². The van der Waals surface area contributed by atoms with Gasteiger partial charge in [0.2, 0.25) is 0 Å². The zero-order valence-electron chi connectivity index (χ0n) is 21.1. The normalized spacial score (nSPS) is 26.0. The average molecular weight is 500 g/mol. The fraction of sp³-hybridized carbons (Fsp3) is 0.414. The Bertz CT molecular complexity index is 1490. The first-order valence-corrected chi connectivity index (χ1v) is 13.0. The first-order valence-electron chi connectivity index (χ1n) is 13.0. The fourth-order valence-electron chi connectivity index (χ4n) is 6.50. The second-order valence-corrected chi connectivity index (χ2v) is 11.3. The minimum atomic E-state index is -0.399. The summed E-state index contributed by atoms with van der Waals surface area (Å²) >= 11 is 0. The van der Waals surface area contributed by atoms with Gasteiger partial charge in [-0.25, -0.2) is 9.37 Å². The first kappa shape index (κ1) is 22.8. The van der Waals surface area contributed by atoms with E-state index in [0.29, 0.717) is 51.5 Å². The Balaban J connectivity index is 1.02. The van der Waals surface area contributed by atoms with Gasteiger partial charge in [-0.1, -0.05) is 6.07 Å². The molecule has 3 aromatic heterocycles. The van der Waals surface area contributed by atoms with Crippen molar-refractivity contribution in [1.29, 1.82) is 0 Å². The Morgan fingerprint density at radius 3 is 2.57 bits per heavy atom. The van der Waals surface area contributed by atoms with Crippen LogP contribution in [0.1, 0.15) is 43.5 Å². The Labute approximate surface area is 214 Å². The maximum Gasteiger partial charge on any atom is 0.173 e. The molecule has 0 bridgehead atoms. The van der Waals surface area contributed by atoms with Crippen LogP contribution < -0.4 is 0 Å². The lowest BCUT2D eigenvalue weighted by atomic mass is 9.63. The maximum absolute atomic E-state index is 14.5. The van der Waals surface area contributed by atoms with E-state index in [1.54, 1.807) is 22.7 Å². The number of aromatic nitrogens is 4. The molecule has 8 heteroatoms. The molecule has 190 valence electrons. The Morgan fingerprint density at radius 2 is 1.86 bits per heavy atom. The molecule has 1 spiro atoms. The highest BCUT2D eigenvalue weighted by Crippen LogP contribution is 2.52. The third-order valence-corrected chi connectivity index (χ3v) is 8.50. The van der Waals surface area contributed by atoms with Gasteiger partial charge < -0.3 is 14.2 Å². The Kier molecular flexibility index (Phi) is 5.13. The van der Waals surface area contributed by atoms with Crippen LogP contribution in [0.4, 0.5) is 4.39 Å². The number of fused-ring (bicyclic) bond motifs is 1. The van der Waals surface area contributed by atoms with E-state index in [9.17, 15) is 9.50 Å². The second kappa shape index (κ2) is 8.33. The lowest BCUT2D eigenvalue weighted by molar-refractivity contribution is -0.0422. The first-order chi connectivity index (χ1) is 17.9. The molecule has 1 aromatic carbocycles. The number of phenolic OH excluding ortho intramolecular Hbond substituents is 1. The molecule has 3 aliphatic rings. The quantitative estimate of drug-likeness (QED) is 0.427. The van der Waals surface area contributed by atoms with Gasteiger partial charge in [-0.3, -0.25) is 4.90 Å². The number of aromatic hydroxyl groups is 1. The molecular weight excluding hydrogens is 469 g/mol. The van der Waals surface area contributed by atoms with Crippen LogP contribution in [-0.2, 0) is 4.74 Å². The maximum atomic E-state index is 14.5. The van der Waals surface area contributed by atoms with Gasteiger partial charge in [0.15, 0.2) is 11.5 Å². The Hall–Kier alpha value is -3.36. The summed E-state index contributed by atoms with van der Waals surface area (Å²) in [5.74, 6) is 0.0920. The molecule has 3 fully saturated rings. The monoisotopic (exact) mass is 499 g/mol. The Morgan fingerprint density at radius 1 is 1.03 bits per heavy atom. The molecule has 7 nitrogen and oxygen atoms in total. The zero-order valence-corrected chi connectivity index (χ0v) is 21.1. The number of likely N-dealkylation sites (tertiary alicyclic amines) is 1. The smallest absolute Gasteiger partial charge is 0.173 e. The molecule has 1 unspecified atom stereocenters. The largest absolute Gasteiger partial charge is 0.507 e. The molecule has 2 saturated heterocycles. The number of imidazole rings is 1. The number of benzene rings is 1. The predicted molar refractivity (Wildman–Crippen MR) is 138 cm³/mol. The average Bonchev–Trinajstić information content (AvgIpc) is 3.41. The van der Waals surface area contributed by atoms with E-state index in [-0.39, 0.29) is 5.75 Å². The van der Waals surface area contributed by atoms with Gasteiger partial charge in [-0.2, -0.15) is 10.2 Å². The van der Waals surface area contributed by atoms with Crippen molar-refractivity contribution in [2.75, 3.05) is 19.7 Å². The summed E-state index contributed by atoms with van der Waals surface area (Å²) in [5, 5.41) is 19.7. The van der Waals surface area contributed by atoms with Crippen molar-refractivity contribution < 1.29 is 14.2 Å². The van der Waals surface area contributed by atoms with Crippen LogP contribution in [0.2, 0.25) is 0 Å². The van der Waals surface area contributed by atoms with Gasteiger partial charge in [0.05, 0.1) is 29.8 Å². The minimum absolute atomic E-state index is 0.0841. The number of halogens is 1. The third-order valence-electron chi connectivity index (χ3n) is 8.50. The molecular formula is C29H30FN5O2. The molecule has 0 radical (unpaired) electrons. The minimum Gasteiger partial charge on any atom is -0.507 e. The molecule has 1 atom stereocenters. The molecule has 2 aliphatic heterocycles. The summed E-state index contributed by atoms with van der Waals surface area (Å²) in [5.41, 5.74) is 5.07. The van der Waals surface area contributed by atoms with E-state index in [1.165, 1.54) is 25.3 Å². The van der Waals surface area contributed by atoms with Gasteiger partial charge >= 0.3 is 0 Å². The van der Waals surface area contributed by atoms with E-state index < -0.39 is 5.82 Å². The van der Waals surface area contributed by atoms with Gasteiger partial charge in [0.25, 0.3) is 0 Å². The van der Waals surface area contributed by atoms with Gasteiger partial charge in [-0.05, 0) is 74.4 Å². The summed E-state index contributed by atoms with van der Waals surface area (Å²) < 4.78 is 22.0. The summed E-state index contributed by atoms with van der Waals surface area (Å²) in [7, 11) is 0. The summed E-state index contributed by atoms with van der Waals surface area (Å²) in [4.78, 5) is 6.78. The number of phenols is 1. The number of ether oxygens (including phenoxy) is 1. The highest BCUT2D eigenvalue weighted by atomic mass is 19.1. The summed E-state index contributed by atoms with van der Waals surface area (Å²) in [6, 6.07) is 11.4. The van der Waals surface area contributed by atoms with Crippen LogP contribution in [0, 0.1) is 18.2 Å². The molecule has 7 rings (SSSR count). The van der Waals surface area contributed by atoms with Crippen molar-refractivity contribution in [3.8, 4) is 28.1 Å². The standard InChI is InChI=1S/C29H30FN5O2/c1-17-12-35-13-20(7-24(30)28(35)31-17)19-3-4-23(27(36)8-19)26-6-5-25(32-33-26)21-14-34(15-21)22-10-29(11-22)9-18(2)37-16-29/h3-8,12-13,18,21-22,36H,9-11,14-16H2,1-2H3. The number of nitrogens with zero attached hydrogens (tertiary/aromatic N) is 5. The molecule has 4 aromatic rings. The van der Waals surface area contributed by atoms with Gasteiger partial charge in [0, 0.05) is 48.6 Å². The van der Waals surface area contributed by atoms with E-state index in [2.05, 4.69) is 27.0 Å². The lowest BCUT2D eigenvalue weighted by Crippen LogP contribution is -2.58. The van der Waals surface area contributed by atoms with Gasteiger partial charge in [0.1, 0.15) is 5.75 Å². The van der Waals surface area contributed by atoms with E-state index >= 15 is 0 Å². The number of hydrogen-bond donors (Lipinski definition) is 1. The predicted octanol–water partition coefficient (Wildman–Crippen LogP) is 4.97. The number of rotatable bonds is 4. The van der Waals surface area contributed by atoms with Crippen LogP contribution in [0.15, 0.2) is 48.8 Å². The van der Waals surface area contributed by atoms with E-state index in [1.807, 2.05) is 31.3 Å². The van der Waals surface area contributed by atoms with E-state index in [0.717, 1.165) is 31.1 Å². The highest BCUT2D eigenvalue weighted by Gasteiger charge is 2.52. The van der Waals surface area contributed by atoms with E-state index in [4.69, 9.17) is 4.74 Å². The van der Waals surface area contributed by atoms with Crippen molar-refractivity contribution in [2.24, 2.45) is 5.41 Å². The van der Waals surface area contributed by atoms with Crippen molar-refractivity contribution in [1.82, 2.24) is 24.5 Å². The zero-order chi connectivity index (χ0) is 25.3. The number of hydrogen-bond acceptors (Lipinski definition) is 6. The molecule has 1 N–H and O–H groups in total. The summed E-state index contributed by atoms with van der Waals surface area (Å²) in [6.07, 6.45) is 7.72. The fourth-order valence-corrected chi connectivity index (χ4v) is 6.50. The molecule has 0 amide bonds. The van der Waals surface area contributed by atoms with Gasteiger partial charge in [-0.15, -0.1) is 0 Å². The number of aryl methyl sites for hydroxylation is 1. The van der Waals surface area contributed by atoms with Crippen molar-refractivity contribution in [2.45, 2.75) is 51.2 Å². The lowest BCUT2D eigenvalue weighted by Gasteiger charge is -2.54. The van der Waals surface area contributed by atoms with Crippen LogP contribution >= 0.6 is 0 Å². The summed E-state index contributed by atoms with van der Waals surface area (Å²) in [6.45, 7) is 7.00. The van der Waals surface area contributed by atoms with Crippen LogP contribution in [0.5, 0.6) is 5.75 Å².